The lowest BCUT2D eigenvalue weighted by molar-refractivity contribution is -0.858. The predicted molar refractivity (Wildman–Crippen MR) is 191 cm³/mol. The average Bonchev–Trinajstić information content (AvgIpc) is 3.39. The van der Waals surface area contributed by atoms with Crippen molar-refractivity contribution in [2.24, 2.45) is 10.2 Å². The third-order valence-corrected chi connectivity index (χ3v) is 8.85. The number of hydrogen-bond donors (Lipinski definition) is 7. The van der Waals surface area contributed by atoms with Gasteiger partial charge in [-0.15, -0.1) is 16.5 Å². The van der Waals surface area contributed by atoms with Crippen LogP contribution in [0, 0.1) is 6.92 Å². The number of benzene rings is 2. The molecule has 0 amide bonds. The number of rotatable bonds is 12. The highest BCUT2D eigenvalue weighted by Crippen LogP contribution is 2.36. The second kappa shape index (κ2) is 19.5. The summed E-state index contributed by atoms with van der Waals surface area (Å²) in [6, 6.07) is 9.63. The third-order valence-electron chi connectivity index (χ3n) is 6.55. The van der Waals surface area contributed by atoms with Crippen LogP contribution in [0.2, 0.25) is 0 Å². The van der Waals surface area contributed by atoms with Crippen molar-refractivity contribution in [1.29, 1.82) is 0 Å². The number of hydrogen-bond acceptors (Lipinski definition) is 14. The highest BCUT2D eigenvalue weighted by atomic mass is 32.2. The number of aromatic hydroxyl groups is 1. The van der Waals surface area contributed by atoms with Crippen LogP contribution in [0.4, 0.5) is 11.4 Å². The molecule has 0 radical (unpaired) electrons. The number of aryl methyl sites for hydroxylation is 1. The van der Waals surface area contributed by atoms with Crippen LogP contribution in [0.1, 0.15) is 39.7 Å². The number of thiazole rings is 1. The first-order valence-electron chi connectivity index (χ1n) is 15.8. The number of azo groups is 1. The molecule has 4 aromatic rings. The Hall–Kier alpha value is -3.88. The number of aromatic amines is 2. The van der Waals surface area contributed by atoms with Crippen LogP contribution < -0.4 is 16.1 Å². The van der Waals surface area contributed by atoms with E-state index in [2.05, 4.69) is 36.2 Å². The maximum atomic E-state index is 11.7. The molecule has 0 aliphatic carbocycles. The quantitative estimate of drug-likeness (QED) is 0.0813. The summed E-state index contributed by atoms with van der Waals surface area (Å²) >= 11 is 1.08. The lowest BCUT2D eigenvalue weighted by atomic mass is 10.2. The van der Waals surface area contributed by atoms with Crippen molar-refractivity contribution in [3.63, 3.8) is 0 Å². The number of quaternary nitrogens is 1. The van der Waals surface area contributed by atoms with Gasteiger partial charge < -0.3 is 29.9 Å². The van der Waals surface area contributed by atoms with E-state index in [1.807, 2.05) is 14.9 Å². The van der Waals surface area contributed by atoms with Crippen LogP contribution in [-0.4, -0.2) is 112 Å². The van der Waals surface area contributed by atoms with Crippen LogP contribution in [0.5, 0.6) is 5.88 Å². The number of aromatic nitrogens is 3. The van der Waals surface area contributed by atoms with Crippen LogP contribution in [0.15, 0.2) is 61.1 Å². The Bertz CT molecular complexity index is 1900. The van der Waals surface area contributed by atoms with Gasteiger partial charge in [0.1, 0.15) is 15.1 Å². The van der Waals surface area contributed by atoms with Crippen LogP contribution in [0.25, 0.3) is 20.8 Å². The van der Waals surface area contributed by atoms with Gasteiger partial charge in [-0.3, -0.25) is 19.7 Å². The van der Waals surface area contributed by atoms with E-state index >= 15 is 0 Å². The van der Waals surface area contributed by atoms with Crippen LogP contribution >= 0.6 is 11.3 Å². The molecule has 50 heavy (non-hydrogen) atoms. The van der Waals surface area contributed by atoms with Gasteiger partial charge in [0, 0.05) is 25.2 Å². The second-order valence-corrected chi connectivity index (χ2v) is 14.4. The monoisotopic (exact) mass is 737 g/mol. The Morgan fingerprint density at radius 3 is 1.94 bits per heavy atom. The molecule has 3 atom stereocenters. The summed E-state index contributed by atoms with van der Waals surface area (Å²) in [5, 5.41) is 45.0. The zero-order valence-electron chi connectivity index (χ0n) is 29.2. The smallest absolute Gasteiger partial charge is 0.328 e. The van der Waals surface area contributed by atoms with E-state index in [4.69, 9.17) is 15.3 Å². The highest BCUT2D eigenvalue weighted by Gasteiger charge is 2.17. The van der Waals surface area contributed by atoms with Gasteiger partial charge in [0.15, 0.2) is 0 Å². The first kappa shape index (κ1) is 42.3. The molecule has 3 unspecified atom stereocenters. The molecule has 0 aliphatic rings. The van der Waals surface area contributed by atoms with Crippen molar-refractivity contribution in [2.45, 2.75) is 64.2 Å². The van der Waals surface area contributed by atoms with E-state index < -0.39 is 51.2 Å². The van der Waals surface area contributed by atoms with Crippen molar-refractivity contribution in [1.82, 2.24) is 19.9 Å². The molecule has 2 aromatic carbocycles. The topological polar surface area (TPSA) is 249 Å². The van der Waals surface area contributed by atoms with E-state index in [1.165, 1.54) is 23.9 Å². The molecule has 0 bridgehead atoms. The normalized spacial score (nSPS) is 13.5. The summed E-state index contributed by atoms with van der Waals surface area (Å²) in [6.45, 7) is 11.6. The van der Waals surface area contributed by atoms with Gasteiger partial charge in [-0.25, -0.2) is 18.2 Å². The first-order chi connectivity index (χ1) is 23.3. The summed E-state index contributed by atoms with van der Waals surface area (Å²) in [6.07, 6.45) is -0.00463. The summed E-state index contributed by atoms with van der Waals surface area (Å²) in [7, 11) is -0.316. The standard InChI is InChI=1S/C18H13N5O6S2.C9H21NO3.C5H13N/c1-8-2-7-11-13(14(8)31(27,28)29)30-17(19-11)9-3-5-10(6-4-9)22-23-12-15(24)20-18(26)21-16(12)25;1-7(11)4-10(5-8(2)12)6-9(3)13;1-4-5-6(2)3/h2-7H,1H3,(H,27,28,29)(H3,20,21,24,25,26);7-9,11-13H,4-6H2,1-3H3;4-5H2,1-3H3. The Labute approximate surface area is 294 Å². The van der Waals surface area contributed by atoms with Gasteiger partial charge in [-0.1, -0.05) is 13.0 Å². The molecule has 4 rings (SSSR count). The summed E-state index contributed by atoms with van der Waals surface area (Å²) in [4.78, 5) is 34.2. The van der Waals surface area contributed by atoms with Gasteiger partial charge in [-0.05, 0) is 70.0 Å². The fourth-order valence-electron chi connectivity index (χ4n) is 4.68. The number of aliphatic hydroxyl groups is 3. The fraction of sp³-hybridized carbons (Fsp3) is 0.469. The minimum atomic E-state index is -4.66. The SMILES string of the molecule is CC(O)CN(CC(C)O)CC(C)O.CCC[NH+](C)C.Cc1ccc2nc(-c3ccc(N=Nc4c(O)[nH]c(=O)[nH]c4=O)cc3)sc2c1S(=O)(=O)[O-]. The molecule has 7 N–H and O–H groups in total. The van der Waals surface area contributed by atoms with E-state index in [0.29, 0.717) is 51.7 Å². The number of fused-ring (bicyclic) bond motifs is 1. The maximum Gasteiger partial charge on any atom is 0.328 e. The number of nitrogens with one attached hydrogen (secondary N) is 3. The van der Waals surface area contributed by atoms with Gasteiger partial charge >= 0.3 is 5.69 Å². The first-order valence-corrected chi connectivity index (χ1v) is 18.0. The zero-order valence-corrected chi connectivity index (χ0v) is 30.8. The molecule has 2 aromatic heterocycles. The Morgan fingerprint density at radius 2 is 1.50 bits per heavy atom. The maximum absolute atomic E-state index is 11.7. The molecule has 0 fully saturated rings. The number of aliphatic hydroxyl groups excluding tert-OH is 3. The van der Waals surface area contributed by atoms with Crippen LogP contribution in [-0.2, 0) is 10.1 Å². The summed E-state index contributed by atoms with van der Waals surface area (Å²) < 4.78 is 35.2. The lowest BCUT2D eigenvalue weighted by Gasteiger charge is -2.25. The lowest BCUT2D eigenvalue weighted by Crippen LogP contribution is -3.05. The second-order valence-electron chi connectivity index (χ2n) is 12.1. The van der Waals surface area contributed by atoms with Crippen molar-refractivity contribution < 1.29 is 38.3 Å². The Kier molecular flexibility index (Phi) is 16.5. The van der Waals surface area contributed by atoms with E-state index in [9.17, 15) is 27.7 Å². The van der Waals surface area contributed by atoms with Gasteiger partial charge in [0.25, 0.3) is 5.56 Å². The molecule has 0 saturated heterocycles. The van der Waals surface area contributed by atoms with Gasteiger partial charge in [0.05, 0.1) is 59.8 Å². The zero-order chi connectivity index (χ0) is 37.8. The molecule has 18 heteroatoms. The molecule has 0 aliphatic heterocycles. The molecule has 16 nitrogen and oxygen atoms in total. The third kappa shape index (κ3) is 13.8. The van der Waals surface area contributed by atoms with Crippen molar-refractivity contribution in [2.75, 3.05) is 40.3 Å². The van der Waals surface area contributed by atoms with E-state index in [0.717, 1.165) is 11.3 Å². The molecular weight excluding hydrogens is 691 g/mol. The van der Waals surface area contributed by atoms with E-state index in [1.54, 1.807) is 58.0 Å². The molecular formula is C32H47N7O9S2. The average molecular weight is 738 g/mol. The Balaban J connectivity index is 0.000000379. The summed E-state index contributed by atoms with van der Waals surface area (Å²) in [5.74, 6) is -0.706. The summed E-state index contributed by atoms with van der Waals surface area (Å²) in [5.41, 5.74) is -0.465. The minimum absolute atomic E-state index is 0.273. The van der Waals surface area contributed by atoms with E-state index in [-0.39, 0.29) is 4.90 Å². The largest absolute Gasteiger partial charge is 0.744 e. The molecule has 0 saturated carbocycles. The van der Waals surface area contributed by atoms with Crippen molar-refractivity contribution in [3.8, 4) is 16.5 Å². The predicted octanol–water partition coefficient (Wildman–Crippen LogP) is 1.65. The van der Waals surface area contributed by atoms with Crippen molar-refractivity contribution in [3.05, 3.63) is 62.8 Å². The molecule has 2 heterocycles. The molecule has 276 valence electrons. The number of nitrogens with zero attached hydrogens (tertiary/aromatic N) is 4. The van der Waals surface area contributed by atoms with Gasteiger partial charge in [-0.2, -0.15) is 5.11 Å². The highest BCUT2D eigenvalue weighted by molar-refractivity contribution is 7.86. The fourth-order valence-corrected chi connectivity index (χ4v) is 6.97. The Morgan fingerprint density at radius 1 is 0.940 bits per heavy atom. The number of H-pyrrole nitrogens is 2. The van der Waals surface area contributed by atoms with Crippen LogP contribution in [0.3, 0.4) is 0 Å². The molecule has 0 spiro atoms. The minimum Gasteiger partial charge on any atom is -0.744 e. The van der Waals surface area contributed by atoms with Crippen molar-refractivity contribution >= 4 is 43.0 Å². The van der Waals surface area contributed by atoms with Gasteiger partial charge in [0.2, 0.25) is 11.6 Å².